The molecule has 0 bridgehead atoms. The van der Waals surface area contributed by atoms with Crippen LogP contribution in [0.2, 0.25) is 0 Å². The zero-order valence-corrected chi connectivity index (χ0v) is 19.1. The third-order valence-electron chi connectivity index (χ3n) is 4.90. The molecule has 172 valence electrons. The molecule has 1 heterocycles. The van der Waals surface area contributed by atoms with Gasteiger partial charge < -0.3 is 10.1 Å². The van der Waals surface area contributed by atoms with Gasteiger partial charge in [0.1, 0.15) is 17.9 Å². The number of terminal acetylenes is 1. The van der Waals surface area contributed by atoms with Crippen LogP contribution in [0.3, 0.4) is 0 Å². The molecule has 9 nitrogen and oxygen atoms in total. The minimum absolute atomic E-state index is 0.174. The summed E-state index contributed by atoms with van der Waals surface area (Å²) in [6.45, 7) is 0.399. The van der Waals surface area contributed by atoms with Crippen LogP contribution in [0.4, 0.5) is 10.8 Å². The fourth-order valence-corrected chi connectivity index (χ4v) is 4.09. The predicted octanol–water partition coefficient (Wildman–Crippen LogP) is 4.67. The molecular weight excluding hydrogens is 464 g/mol. The maximum absolute atomic E-state index is 12.7. The Kier molecular flexibility index (Phi) is 7.23. The number of anilines is 1. The largest absolute Gasteiger partial charge is 0.481 e. The number of aromatic nitrogens is 1. The third kappa shape index (κ3) is 5.75. The molecule has 3 aromatic carbocycles. The maximum atomic E-state index is 12.7. The highest BCUT2D eigenvalue weighted by atomic mass is 32.1. The van der Waals surface area contributed by atoms with E-state index in [1.807, 2.05) is 12.1 Å². The van der Waals surface area contributed by atoms with Gasteiger partial charge in [-0.2, -0.15) is 0 Å². The van der Waals surface area contributed by atoms with E-state index >= 15 is 0 Å². The number of amides is 2. The number of nitrogens with zero attached hydrogens (tertiary/aromatic N) is 3. The summed E-state index contributed by atoms with van der Waals surface area (Å²) in [5.41, 5.74) is 9.67. The van der Waals surface area contributed by atoms with Gasteiger partial charge in [0, 0.05) is 23.2 Å². The van der Waals surface area contributed by atoms with Crippen molar-refractivity contribution in [2.75, 3.05) is 11.9 Å². The molecule has 0 spiro atoms. The quantitative estimate of drug-likeness (QED) is 0.191. The van der Waals surface area contributed by atoms with Gasteiger partial charge in [-0.3, -0.25) is 14.9 Å². The third-order valence-corrected chi connectivity index (χ3v) is 5.83. The van der Waals surface area contributed by atoms with Gasteiger partial charge in [0.2, 0.25) is 4.91 Å². The molecule has 0 atom stereocenters. The van der Waals surface area contributed by atoms with Crippen LogP contribution in [-0.2, 0) is 6.54 Å². The molecule has 1 aromatic heterocycles. The van der Waals surface area contributed by atoms with E-state index in [0.29, 0.717) is 27.7 Å². The van der Waals surface area contributed by atoms with Gasteiger partial charge >= 0.3 is 0 Å². The first-order chi connectivity index (χ1) is 17.1. The van der Waals surface area contributed by atoms with Crippen LogP contribution in [0.1, 0.15) is 26.3 Å². The molecule has 0 aliphatic rings. The van der Waals surface area contributed by atoms with Crippen LogP contribution in [0.5, 0.6) is 5.75 Å². The van der Waals surface area contributed by atoms with Crippen molar-refractivity contribution in [1.29, 1.82) is 5.53 Å². The van der Waals surface area contributed by atoms with Crippen LogP contribution < -0.4 is 20.3 Å². The lowest BCUT2D eigenvalue weighted by atomic mass is 10.1. The molecule has 0 aliphatic carbocycles. The van der Waals surface area contributed by atoms with Crippen molar-refractivity contribution in [2.24, 2.45) is 5.11 Å². The lowest BCUT2D eigenvalue weighted by Gasteiger charge is -2.07. The molecule has 4 aromatic rings. The smallest absolute Gasteiger partial charge is 0.257 e. The fourth-order valence-electron chi connectivity index (χ4n) is 3.20. The second-order valence-electron chi connectivity index (χ2n) is 7.18. The number of carbonyl (C=O) groups is 2. The highest BCUT2D eigenvalue weighted by Crippen LogP contribution is 2.29. The van der Waals surface area contributed by atoms with E-state index in [0.717, 1.165) is 15.8 Å². The average molecular weight is 484 g/mol. The van der Waals surface area contributed by atoms with Crippen LogP contribution in [0, 0.1) is 17.9 Å². The number of ether oxygens (including phenoxy) is 1. The van der Waals surface area contributed by atoms with E-state index in [-0.39, 0.29) is 25.0 Å². The topological polar surface area (TPSA) is 131 Å². The average Bonchev–Trinajstić information content (AvgIpc) is 3.28. The van der Waals surface area contributed by atoms with E-state index in [1.54, 1.807) is 54.6 Å². The number of carbonyl (C=O) groups excluding carboxylic acids is 2. The number of benzene rings is 3. The Morgan fingerprint density at radius 3 is 2.57 bits per heavy atom. The van der Waals surface area contributed by atoms with Gasteiger partial charge in [0.15, 0.2) is 15.9 Å². The van der Waals surface area contributed by atoms with Gasteiger partial charge in [0.05, 0.1) is 10.2 Å². The number of rotatable bonds is 8. The van der Waals surface area contributed by atoms with Crippen molar-refractivity contribution < 1.29 is 14.3 Å². The Labute approximate surface area is 204 Å². The lowest BCUT2D eigenvalue weighted by molar-refractivity contribution is 0.0949. The van der Waals surface area contributed by atoms with Crippen molar-refractivity contribution in [3.8, 4) is 18.1 Å². The van der Waals surface area contributed by atoms with Gasteiger partial charge in [-0.05, 0) is 48.5 Å². The van der Waals surface area contributed by atoms with Gasteiger partial charge in [0.25, 0.3) is 11.8 Å². The summed E-state index contributed by atoms with van der Waals surface area (Å²) < 4.78 is 6.27. The predicted molar refractivity (Wildman–Crippen MR) is 133 cm³/mol. The summed E-state index contributed by atoms with van der Waals surface area (Å²) in [5.74, 6) is 2.41. The summed E-state index contributed by atoms with van der Waals surface area (Å²) in [6, 6.07) is 18.8. The summed E-state index contributed by atoms with van der Waals surface area (Å²) in [7, 11) is 0. The van der Waals surface area contributed by atoms with Crippen molar-refractivity contribution >= 4 is 44.2 Å². The Morgan fingerprint density at radius 1 is 1.09 bits per heavy atom. The Balaban J connectivity index is 1.38. The van der Waals surface area contributed by atoms with Gasteiger partial charge in [-0.15, -0.1) is 6.42 Å². The molecule has 0 saturated heterocycles. The molecule has 0 saturated carbocycles. The lowest BCUT2D eigenvalue weighted by Crippen LogP contribution is -2.23. The van der Waals surface area contributed by atoms with E-state index < -0.39 is 0 Å². The Bertz CT molecular complexity index is 1480. The molecular formula is C25H19N6O3S+. The number of hydrogen-bond donors (Lipinski definition) is 3. The van der Waals surface area contributed by atoms with Crippen molar-refractivity contribution in [3.63, 3.8) is 0 Å². The van der Waals surface area contributed by atoms with Crippen LogP contribution in [0.25, 0.3) is 10.2 Å². The highest BCUT2D eigenvalue weighted by Gasteiger charge is 2.13. The van der Waals surface area contributed by atoms with Crippen LogP contribution in [0.15, 0.2) is 71.8 Å². The van der Waals surface area contributed by atoms with E-state index in [1.165, 1.54) is 11.3 Å². The fraction of sp³-hybridized carbons (Fsp3) is 0.0800. The molecule has 0 fully saturated rings. The summed E-state index contributed by atoms with van der Waals surface area (Å²) >= 11 is 1.32. The Morgan fingerprint density at radius 2 is 1.83 bits per heavy atom. The molecule has 0 aliphatic heterocycles. The molecule has 4 rings (SSSR count). The highest BCUT2D eigenvalue weighted by molar-refractivity contribution is 7.22. The number of thiazole rings is 1. The number of fused-ring (bicyclic) bond motifs is 1. The molecule has 0 radical (unpaired) electrons. The van der Waals surface area contributed by atoms with Crippen molar-refractivity contribution in [1.82, 2.24) is 15.2 Å². The minimum atomic E-state index is -0.338. The van der Waals surface area contributed by atoms with Crippen molar-refractivity contribution in [2.45, 2.75) is 6.54 Å². The number of hydrogen-bond acceptors (Lipinski definition) is 7. The standard InChI is InChI=1S/C25H18N6O3S/c1-2-13-34-19-11-12-21-22(14-19)35-25(28-21)29-24(33)17-9-7-16(8-10-17)23(32)27-15-18-5-3-4-6-20(18)30-31-26/h1,3-12,14,26H,13,15H2,(H-,27,28,29,32,33)/p+1. The second-order valence-corrected chi connectivity index (χ2v) is 8.21. The minimum Gasteiger partial charge on any atom is -0.481 e. The van der Waals surface area contributed by atoms with Gasteiger partial charge in [-0.25, -0.2) is 4.98 Å². The van der Waals surface area contributed by atoms with E-state index in [9.17, 15) is 9.59 Å². The normalized spacial score (nSPS) is 10.1. The SMILES string of the molecule is C#CCOc1ccc2nc(NC(=O)c3ccc(C(=O)NCc4ccccc4N=[N+]=N)cc3)sc2c1. The summed E-state index contributed by atoms with van der Waals surface area (Å²) in [6.07, 6.45) is 5.22. The second kappa shape index (κ2) is 10.9. The summed E-state index contributed by atoms with van der Waals surface area (Å²) in [5, 5.41) is 9.77. The zero-order valence-electron chi connectivity index (χ0n) is 18.3. The van der Waals surface area contributed by atoms with E-state index in [2.05, 4.69) is 31.6 Å². The van der Waals surface area contributed by atoms with Crippen LogP contribution >= 0.6 is 11.3 Å². The molecule has 3 N–H and O–H groups in total. The zero-order chi connectivity index (χ0) is 24.6. The van der Waals surface area contributed by atoms with Gasteiger partial charge in [-0.1, -0.05) is 35.5 Å². The molecule has 35 heavy (non-hydrogen) atoms. The first kappa shape index (κ1) is 23.3. The van der Waals surface area contributed by atoms with E-state index in [4.69, 9.17) is 16.7 Å². The van der Waals surface area contributed by atoms with Crippen molar-refractivity contribution in [3.05, 3.63) is 83.4 Å². The summed E-state index contributed by atoms with van der Waals surface area (Å²) in [4.78, 5) is 32.6. The maximum Gasteiger partial charge on any atom is 0.257 e. The monoisotopic (exact) mass is 483 g/mol. The first-order valence-electron chi connectivity index (χ1n) is 10.4. The van der Waals surface area contributed by atoms with Crippen LogP contribution in [-0.4, -0.2) is 23.4 Å². The molecule has 2 amide bonds. The molecule has 10 heteroatoms. The number of nitrogens with one attached hydrogen (secondary N) is 3. The first-order valence-corrected chi connectivity index (χ1v) is 11.2. The molecule has 0 unspecified atom stereocenters. The Hall–Kier alpha value is -4.84.